The lowest BCUT2D eigenvalue weighted by molar-refractivity contribution is -0.122. The van der Waals surface area contributed by atoms with Gasteiger partial charge in [-0.05, 0) is 0 Å². The second-order valence-electron chi connectivity index (χ2n) is 2.85. The summed E-state index contributed by atoms with van der Waals surface area (Å²) < 4.78 is 0. The van der Waals surface area contributed by atoms with Gasteiger partial charge in [0.15, 0.2) is 0 Å². The minimum atomic E-state index is -0.0819. The van der Waals surface area contributed by atoms with Crippen LogP contribution in [0.15, 0.2) is 0 Å². The molecule has 1 amide bonds. The van der Waals surface area contributed by atoms with Crippen molar-refractivity contribution in [2.75, 3.05) is 6.54 Å². The van der Waals surface area contributed by atoms with Crippen LogP contribution < -0.4 is 5.32 Å². The number of ketones is 1. The summed E-state index contributed by atoms with van der Waals surface area (Å²) in [5.74, 6) is 0.184. The molecule has 0 heterocycles. The van der Waals surface area contributed by atoms with E-state index in [2.05, 4.69) is 5.32 Å². The number of hydrogen-bond donors (Lipinski definition) is 1. The van der Waals surface area contributed by atoms with Gasteiger partial charge < -0.3 is 5.32 Å². The Kier molecular flexibility index (Phi) is 4.50. The van der Waals surface area contributed by atoms with Crippen LogP contribution in [0.3, 0.4) is 0 Å². The molecule has 3 nitrogen and oxygen atoms in total. The van der Waals surface area contributed by atoms with E-state index in [-0.39, 0.29) is 19.0 Å². The van der Waals surface area contributed by atoms with Crippen molar-refractivity contribution in [3.05, 3.63) is 0 Å². The number of Topliss-reactive ketones (excluding diaryl/α,β-unsaturated/α-hetero) is 1. The number of carbonyl (C=O) groups is 2. The highest BCUT2D eigenvalue weighted by atomic mass is 16.1. The first-order valence-corrected chi connectivity index (χ1v) is 3.81. The summed E-state index contributed by atoms with van der Waals surface area (Å²) >= 11 is 0. The van der Waals surface area contributed by atoms with E-state index in [9.17, 15) is 9.59 Å². The summed E-state index contributed by atoms with van der Waals surface area (Å²) in [6, 6.07) is 0. The standard InChI is InChI=1S/C8H15NO2.H2/c1-6(2)8(11)4-5-9-7(3)10;/h6H,4-5H2,1-3H3,(H,9,10);1H. The molecule has 0 aromatic carbocycles. The zero-order chi connectivity index (χ0) is 8.85. The Labute approximate surface area is 68.7 Å². The Balaban J connectivity index is 0. The number of hydrogen-bond acceptors (Lipinski definition) is 2. The lowest BCUT2D eigenvalue weighted by Gasteiger charge is -2.03. The van der Waals surface area contributed by atoms with E-state index in [1.165, 1.54) is 6.92 Å². The smallest absolute Gasteiger partial charge is 0.216 e. The van der Waals surface area contributed by atoms with Crippen molar-refractivity contribution in [3.8, 4) is 0 Å². The molecule has 0 radical (unpaired) electrons. The minimum Gasteiger partial charge on any atom is -0.356 e. The van der Waals surface area contributed by atoms with Gasteiger partial charge in [-0.1, -0.05) is 13.8 Å². The second-order valence-corrected chi connectivity index (χ2v) is 2.85. The molecular weight excluding hydrogens is 142 g/mol. The van der Waals surface area contributed by atoms with E-state index < -0.39 is 0 Å². The minimum absolute atomic E-state index is 0. The van der Waals surface area contributed by atoms with Crippen molar-refractivity contribution in [1.82, 2.24) is 5.32 Å². The van der Waals surface area contributed by atoms with Gasteiger partial charge in [0.1, 0.15) is 5.78 Å². The maximum Gasteiger partial charge on any atom is 0.216 e. The van der Waals surface area contributed by atoms with Crippen molar-refractivity contribution in [2.24, 2.45) is 5.92 Å². The molecule has 1 N–H and O–H groups in total. The molecule has 0 bridgehead atoms. The summed E-state index contributed by atoms with van der Waals surface area (Å²) in [7, 11) is 0. The van der Waals surface area contributed by atoms with Gasteiger partial charge in [-0.3, -0.25) is 9.59 Å². The largest absolute Gasteiger partial charge is 0.356 e. The Morgan fingerprint density at radius 1 is 1.45 bits per heavy atom. The van der Waals surface area contributed by atoms with Crippen LogP contribution in [0.2, 0.25) is 0 Å². The summed E-state index contributed by atoms with van der Waals surface area (Å²) in [5.41, 5.74) is 0. The third-order valence-corrected chi connectivity index (χ3v) is 1.39. The molecule has 66 valence electrons. The van der Waals surface area contributed by atoms with Crippen molar-refractivity contribution >= 4 is 11.7 Å². The molecule has 0 atom stereocenters. The predicted octanol–water partition coefficient (Wildman–Crippen LogP) is 0.984. The van der Waals surface area contributed by atoms with Crippen LogP contribution >= 0.6 is 0 Å². The van der Waals surface area contributed by atoms with Crippen LogP contribution in [0.25, 0.3) is 0 Å². The molecule has 0 aliphatic rings. The van der Waals surface area contributed by atoms with Crippen molar-refractivity contribution in [1.29, 1.82) is 0 Å². The maximum absolute atomic E-state index is 11.0. The second kappa shape index (κ2) is 4.88. The van der Waals surface area contributed by atoms with Gasteiger partial charge in [0.25, 0.3) is 0 Å². The summed E-state index contributed by atoms with van der Waals surface area (Å²) in [5, 5.41) is 2.57. The van der Waals surface area contributed by atoms with Gasteiger partial charge in [-0.2, -0.15) is 0 Å². The van der Waals surface area contributed by atoms with Gasteiger partial charge in [-0.15, -0.1) is 0 Å². The topological polar surface area (TPSA) is 46.2 Å². The Bertz CT molecular complexity index is 157. The van der Waals surface area contributed by atoms with E-state index in [4.69, 9.17) is 0 Å². The lowest BCUT2D eigenvalue weighted by Crippen LogP contribution is -2.24. The first kappa shape index (κ1) is 10.1. The molecule has 0 aromatic heterocycles. The first-order valence-electron chi connectivity index (χ1n) is 3.81. The maximum atomic E-state index is 11.0. The third-order valence-electron chi connectivity index (χ3n) is 1.39. The molecule has 0 aliphatic heterocycles. The quantitative estimate of drug-likeness (QED) is 0.664. The van der Waals surface area contributed by atoms with Crippen LogP contribution in [-0.4, -0.2) is 18.2 Å². The zero-order valence-corrected chi connectivity index (χ0v) is 7.31. The van der Waals surface area contributed by atoms with Gasteiger partial charge in [0.05, 0.1) is 0 Å². The van der Waals surface area contributed by atoms with Crippen LogP contribution in [-0.2, 0) is 9.59 Å². The Morgan fingerprint density at radius 2 is 2.00 bits per heavy atom. The average Bonchev–Trinajstić information content (AvgIpc) is 1.86. The van der Waals surface area contributed by atoms with Crippen LogP contribution in [0, 0.1) is 5.92 Å². The molecule has 11 heavy (non-hydrogen) atoms. The fourth-order valence-corrected chi connectivity index (χ4v) is 0.650. The fraction of sp³-hybridized carbons (Fsp3) is 0.750. The molecule has 0 spiro atoms. The number of rotatable bonds is 4. The average molecular weight is 159 g/mol. The molecule has 0 aromatic rings. The van der Waals surface area contributed by atoms with Crippen LogP contribution in [0.1, 0.15) is 28.6 Å². The molecular formula is C8H17NO2. The van der Waals surface area contributed by atoms with Crippen LogP contribution in [0.5, 0.6) is 0 Å². The van der Waals surface area contributed by atoms with E-state index in [1.807, 2.05) is 13.8 Å². The number of amides is 1. The zero-order valence-electron chi connectivity index (χ0n) is 7.31. The highest BCUT2D eigenvalue weighted by Crippen LogP contribution is 1.96. The SMILES string of the molecule is CC(=O)NCCC(=O)C(C)C.[HH]. The molecule has 0 fully saturated rings. The van der Waals surface area contributed by atoms with Gasteiger partial charge in [-0.25, -0.2) is 0 Å². The summed E-state index contributed by atoms with van der Waals surface area (Å²) in [6.45, 7) is 5.62. The molecule has 0 saturated carbocycles. The highest BCUT2D eigenvalue weighted by molar-refractivity contribution is 5.81. The van der Waals surface area contributed by atoms with Gasteiger partial charge >= 0.3 is 0 Å². The molecule has 3 heteroatoms. The van der Waals surface area contributed by atoms with Crippen molar-refractivity contribution in [3.63, 3.8) is 0 Å². The van der Waals surface area contributed by atoms with E-state index in [1.54, 1.807) is 0 Å². The highest BCUT2D eigenvalue weighted by Gasteiger charge is 2.05. The van der Waals surface area contributed by atoms with E-state index in [0.717, 1.165) is 0 Å². The molecule has 0 aliphatic carbocycles. The third kappa shape index (κ3) is 5.58. The fourth-order valence-electron chi connectivity index (χ4n) is 0.650. The summed E-state index contributed by atoms with van der Waals surface area (Å²) in [6.07, 6.45) is 0.442. The normalized spacial score (nSPS) is 9.82. The molecule has 0 rings (SSSR count). The molecule has 0 saturated heterocycles. The number of carbonyl (C=O) groups excluding carboxylic acids is 2. The molecule has 0 unspecified atom stereocenters. The van der Waals surface area contributed by atoms with Crippen LogP contribution in [0.4, 0.5) is 0 Å². The van der Waals surface area contributed by atoms with Crippen molar-refractivity contribution in [2.45, 2.75) is 27.2 Å². The lowest BCUT2D eigenvalue weighted by atomic mass is 10.1. The Morgan fingerprint density at radius 3 is 2.36 bits per heavy atom. The van der Waals surface area contributed by atoms with Gasteiger partial charge in [0.2, 0.25) is 5.91 Å². The van der Waals surface area contributed by atoms with E-state index >= 15 is 0 Å². The van der Waals surface area contributed by atoms with Crippen molar-refractivity contribution < 1.29 is 11.0 Å². The number of nitrogens with one attached hydrogen (secondary N) is 1. The van der Waals surface area contributed by atoms with E-state index in [0.29, 0.717) is 13.0 Å². The summed E-state index contributed by atoms with van der Waals surface area (Å²) in [4.78, 5) is 21.3. The predicted molar refractivity (Wildman–Crippen MR) is 45.3 cm³/mol. The Hall–Kier alpha value is -0.860. The first-order chi connectivity index (χ1) is 5.04. The monoisotopic (exact) mass is 159 g/mol. The van der Waals surface area contributed by atoms with Gasteiger partial charge in [0, 0.05) is 27.2 Å².